The molecule has 2 aliphatic heterocycles. The molecule has 0 saturated carbocycles. The van der Waals surface area contributed by atoms with Crippen LogP contribution in [0.5, 0.6) is 0 Å². The second-order valence-corrected chi connectivity index (χ2v) is 9.04. The maximum absolute atomic E-state index is 11.8. The van der Waals surface area contributed by atoms with Gasteiger partial charge in [0.15, 0.2) is 5.82 Å². The maximum Gasteiger partial charge on any atom is 0.241 e. The first-order chi connectivity index (χ1) is 17.5. The number of anilines is 4. The lowest BCUT2D eigenvalue weighted by Gasteiger charge is -2.24. The Balaban J connectivity index is 1.35. The van der Waals surface area contributed by atoms with Gasteiger partial charge in [0, 0.05) is 54.6 Å². The molecule has 0 aromatic carbocycles. The number of nitriles is 1. The highest BCUT2D eigenvalue weighted by Gasteiger charge is 2.24. The van der Waals surface area contributed by atoms with E-state index in [1.165, 1.54) is 0 Å². The minimum atomic E-state index is -0.212. The van der Waals surface area contributed by atoms with Crippen LogP contribution in [-0.4, -0.2) is 43.7 Å². The number of aromatic nitrogens is 5. The molecule has 0 aliphatic carbocycles. The molecule has 0 fully saturated rings. The van der Waals surface area contributed by atoms with Crippen molar-refractivity contribution in [1.82, 2.24) is 30.0 Å². The van der Waals surface area contributed by atoms with E-state index in [1.54, 1.807) is 17.1 Å². The van der Waals surface area contributed by atoms with Crippen LogP contribution in [0.4, 0.5) is 23.1 Å². The lowest BCUT2D eigenvalue weighted by atomic mass is 9.93. The molecule has 4 aromatic rings. The quantitative estimate of drug-likeness (QED) is 0.346. The molecule has 2 aliphatic rings. The minimum Gasteiger partial charge on any atom is -0.383 e. The predicted octanol–water partition coefficient (Wildman–Crippen LogP) is 2.62. The molecule has 4 aromatic heterocycles. The summed E-state index contributed by atoms with van der Waals surface area (Å²) in [6.07, 6.45) is 4.92. The number of carbonyl (C=O) groups excluding carboxylic acids is 1. The largest absolute Gasteiger partial charge is 0.383 e. The van der Waals surface area contributed by atoms with Gasteiger partial charge in [0.05, 0.1) is 29.1 Å². The summed E-state index contributed by atoms with van der Waals surface area (Å²) in [6.45, 7) is 3.53. The number of nitrogens with two attached hydrogens (primary N) is 1. The molecule has 11 nitrogen and oxygen atoms in total. The van der Waals surface area contributed by atoms with Crippen molar-refractivity contribution in [2.45, 2.75) is 32.2 Å². The molecule has 0 radical (unpaired) electrons. The molecular formula is C25H24N10O. The van der Waals surface area contributed by atoms with Crippen LogP contribution in [0, 0.1) is 18.3 Å². The molecule has 0 unspecified atom stereocenters. The van der Waals surface area contributed by atoms with Crippen LogP contribution in [0.1, 0.15) is 29.3 Å². The third-order valence-electron chi connectivity index (χ3n) is 6.73. The first-order valence-corrected chi connectivity index (χ1v) is 11.8. The zero-order chi connectivity index (χ0) is 24.8. The maximum atomic E-state index is 11.8. The molecule has 0 bridgehead atoms. The van der Waals surface area contributed by atoms with Gasteiger partial charge < -0.3 is 21.7 Å². The molecular weight excluding hydrogens is 456 g/mol. The van der Waals surface area contributed by atoms with Crippen LogP contribution in [0.3, 0.4) is 0 Å². The van der Waals surface area contributed by atoms with Crippen molar-refractivity contribution in [2.24, 2.45) is 0 Å². The van der Waals surface area contributed by atoms with Gasteiger partial charge in [-0.25, -0.2) is 9.97 Å². The van der Waals surface area contributed by atoms with Gasteiger partial charge in [-0.1, -0.05) is 0 Å². The van der Waals surface area contributed by atoms with E-state index < -0.39 is 0 Å². The van der Waals surface area contributed by atoms with Gasteiger partial charge in [-0.2, -0.15) is 10.4 Å². The second-order valence-electron chi connectivity index (χ2n) is 9.04. The summed E-state index contributed by atoms with van der Waals surface area (Å²) in [5.74, 6) is 1.35. The van der Waals surface area contributed by atoms with Gasteiger partial charge >= 0.3 is 0 Å². The fourth-order valence-corrected chi connectivity index (χ4v) is 4.86. The van der Waals surface area contributed by atoms with Crippen molar-refractivity contribution in [3.05, 3.63) is 47.5 Å². The van der Waals surface area contributed by atoms with Gasteiger partial charge in [-0.15, -0.1) is 0 Å². The van der Waals surface area contributed by atoms with Gasteiger partial charge in [0.1, 0.15) is 18.2 Å². The number of pyridine rings is 3. The van der Waals surface area contributed by atoms with E-state index in [2.05, 4.69) is 42.1 Å². The van der Waals surface area contributed by atoms with Crippen LogP contribution in [0.25, 0.3) is 22.0 Å². The Morgan fingerprint density at radius 3 is 2.92 bits per heavy atom. The topological polar surface area (TPSA) is 159 Å². The summed E-state index contributed by atoms with van der Waals surface area (Å²) in [6, 6.07) is 8.15. The zero-order valence-electron chi connectivity index (χ0n) is 19.7. The van der Waals surface area contributed by atoms with Crippen molar-refractivity contribution >= 4 is 39.8 Å². The van der Waals surface area contributed by atoms with Gasteiger partial charge in [0.25, 0.3) is 0 Å². The number of fused-ring (bicyclic) bond motifs is 3. The van der Waals surface area contributed by atoms with E-state index in [0.717, 1.165) is 58.4 Å². The number of hydrogen-bond acceptors (Lipinski definition) is 9. The second kappa shape index (κ2) is 8.49. The van der Waals surface area contributed by atoms with E-state index in [0.29, 0.717) is 29.7 Å². The van der Waals surface area contributed by atoms with E-state index in [9.17, 15) is 10.1 Å². The molecule has 180 valence electrons. The molecule has 36 heavy (non-hydrogen) atoms. The highest BCUT2D eigenvalue weighted by atomic mass is 16.2. The Bertz CT molecular complexity index is 1570. The number of nitrogens with one attached hydrogen (secondary N) is 3. The number of amides is 1. The number of hydrogen-bond donors (Lipinski definition) is 4. The highest BCUT2D eigenvalue weighted by Crippen LogP contribution is 2.37. The van der Waals surface area contributed by atoms with Crippen LogP contribution in [0.2, 0.25) is 0 Å². The average molecular weight is 481 g/mol. The molecule has 1 amide bonds. The molecule has 11 heteroatoms. The fraction of sp³-hybridized carbons (Fsp3) is 0.280. The number of carbonyl (C=O) groups is 1. The summed E-state index contributed by atoms with van der Waals surface area (Å²) in [5, 5.41) is 25.1. The zero-order valence-corrected chi connectivity index (χ0v) is 19.7. The number of nitrogens with zero attached hydrogens (tertiary/aromatic N) is 6. The molecule has 6 rings (SSSR count). The van der Waals surface area contributed by atoms with Crippen LogP contribution in [0.15, 0.2) is 30.6 Å². The molecule has 5 N–H and O–H groups in total. The first-order valence-electron chi connectivity index (χ1n) is 11.8. The third kappa shape index (κ3) is 3.73. The molecule has 6 heterocycles. The molecule has 1 atom stereocenters. The van der Waals surface area contributed by atoms with Crippen LogP contribution >= 0.6 is 0 Å². The van der Waals surface area contributed by atoms with Crippen molar-refractivity contribution in [3.8, 4) is 17.3 Å². The summed E-state index contributed by atoms with van der Waals surface area (Å²) >= 11 is 0. The summed E-state index contributed by atoms with van der Waals surface area (Å²) in [7, 11) is 0. The monoisotopic (exact) mass is 480 g/mol. The number of rotatable bonds is 3. The number of nitrogen functional groups attached to an aromatic ring is 1. The van der Waals surface area contributed by atoms with E-state index >= 15 is 0 Å². The first kappa shape index (κ1) is 21.8. The minimum absolute atomic E-state index is 0.0481. The molecule has 0 saturated heterocycles. The highest BCUT2D eigenvalue weighted by molar-refractivity contribution is 5.95. The SMILES string of the molecule is Cc1c(-c2cc3cc(Nc4cc5n(n4)CC(=O)NCC5)ncc3c(N)n2)cnc2c1NCC[C@@H]2C#N. The van der Waals surface area contributed by atoms with Crippen LogP contribution < -0.4 is 21.7 Å². The van der Waals surface area contributed by atoms with E-state index in [1.807, 2.05) is 25.1 Å². The Labute approximate surface area is 206 Å². The van der Waals surface area contributed by atoms with Gasteiger partial charge in [0.2, 0.25) is 5.91 Å². The standard InChI is InChI=1S/C25H24N10O/c1-13-17(10-31-24-14(9-26)2-4-29-23(13)24)19-6-15-7-20(30-11-18(15)25(27)32-19)33-21-8-16-3-5-28-22(36)12-35(16)34-21/h6-8,10-11,14,29H,2-5,12H2,1H3,(H2,27,32)(H,28,36)(H,30,33,34)/t14-/m1/s1. The lowest BCUT2D eigenvalue weighted by Crippen LogP contribution is -2.25. The van der Waals surface area contributed by atoms with Gasteiger partial charge in [-0.3, -0.25) is 14.5 Å². The Morgan fingerprint density at radius 1 is 1.17 bits per heavy atom. The van der Waals surface area contributed by atoms with Crippen molar-refractivity contribution in [3.63, 3.8) is 0 Å². The van der Waals surface area contributed by atoms with Crippen molar-refractivity contribution in [2.75, 3.05) is 29.5 Å². The normalized spacial score (nSPS) is 16.8. The Kier molecular flexibility index (Phi) is 5.14. The van der Waals surface area contributed by atoms with E-state index in [-0.39, 0.29) is 18.4 Å². The lowest BCUT2D eigenvalue weighted by molar-refractivity contribution is -0.121. The smallest absolute Gasteiger partial charge is 0.241 e. The van der Waals surface area contributed by atoms with Crippen molar-refractivity contribution in [1.29, 1.82) is 5.26 Å². The fourth-order valence-electron chi connectivity index (χ4n) is 4.86. The average Bonchev–Trinajstić information content (AvgIpc) is 3.14. The predicted molar refractivity (Wildman–Crippen MR) is 136 cm³/mol. The Morgan fingerprint density at radius 2 is 2.06 bits per heavy atom. The van der Waals surface area contributed by atoms with Gasteiger partial charge in [-0.05, 0) is 36.4 Å². The summed E-state index contributed by atoms with van der Waals surface area (Å²) in [4.78, 5) is 25.5. The third-order valence-corrected chi connectivity index (χ3v) is 6.73. The summed E-state index contributed by atoms with van der Waals surface area (Å²) < 4.78 is 1.71. The summed E-state index contributed by atoms with van der Waals surface area (Å²) in [5.41, 5.74) is 11.5. The van der Waals surface area contributed by atoms with Crippen molar-refractivity contribution < 1.29 is 4.79 Å². The van der Waals surface area contributed by atoms with Crippen LogP contribution in [-0.2, 0) is 17.8 Å². The molecule has 0 spiro atoms. The Hall–Kier alpha value is -4.72. The van der Waals surface area contributed by atoms with E-state index in [4.69, 9.17) is 5.73 Å².